The molecule has 0 radical (unpaired) electrons. The van der Waals surface area contributed by atoms with E-state index in [1.54, 1.807) is 13.1 Å². The molecule has 4 nitrogen and oxygen atoms in total. The maximum Gasteiger partial charge on any atom is 0.191 e. The molecule has 0 aliphatic carbocycles. The van der Waals surface area contributed by atoms with Crippen molar-refractivity contribution < 1.29 is 9.52 Å². The second-order valence-corrected chi connectivity index (χ2v) is 4.15. The predicted octanol–water partition coefficient (Wildman–Crippen LogP) is 2.61. The monoisotopic (exact) mass is 240 g/mol. The molecule has 90 valence electrons. The molecule has 0 saturated heterocycles. The zero-order chi connectivity index (χ0) is 12.5. The van der Waals surface area contributed by atoms with E-state index in [2.05, 4.69) is 9.97 Å². The predicted molar refractivity (Wildman–Crippen MR) is 67.0 cm³/mol. The Balaban J connectivity index is 2.03. The van der Waals surface area contributed by atoms with Crippen LogP contribution in [-0.4, -0.2) is 15.1 Å². The molecule has 0 bridgehead atoms. The van der Waals surface area contributed by atoms with Gasteiger partial charge in [-0.05, 0) is 17.7 Å². The van der Waals surface area contributed by atoms with Crippen LogP contribution in [0.4, 0.5) is 0 Å². The molecule has 18 heavy (non-hydrogen) atoms. The van der Waals surface area contributed by atoms with Crippen LogP contribution in [-0.2, 0) is 0 Å². The van der Waals surface area contributed by atoms with E-state index in [0.29, 0.717) is 11.6 Å². The first-order valence-electron chi connectivity index (χ1n) is 5.69. The third-order valence-corrected chi connectivity index (χ3v) is 2.86. The van der Waals surface area contributed by atoms with E-state index in [0.717, 1.165) is 16.5 Å². The van der Waals surface area contributed by atoms with Crippen LogP contribution >= 0.6 is 0 Å². The Kier molecular flexibility index (Phi) is 2.57. The summed E-state index contributed by atoms with van der Waals surface area (Å²) >= 11 is 0. The van der Waals surface area contributed by atoms with Crippen LogP contribution in [0.5, 0.6) is 0 Å². The zero-order valence-corrected chi connectivity index (χ0v) is 9.87. The Morgan fingerprint density at radius 2 is 2.17 bits per heavy atom. The topological polar surface area (TPSA) is 59.2 Å². The summed E-state index contributed by atoms with van der Waals surface area (Å²) in [6.07, 6.45) is 2.43. The Morgan fingerprint density at radius 1 is 1.28 bits per heavy atom. The van der Waals surface area contributed by atoms with Crippen LogP contribution in [0.1, 0.15) is 23.3 Å². The van der Waals surface area contributed by atoms with Gasteiger partial charge in [-0.15, -0.1) is 0 Å². The molecule has 0 saturated carbocycles. The summed E-state index contributed by atoms with van der Waals surface area (Å²) in [5.74, 6) is 0.544. The van der Waals surface area contributed by atoms with Crippen molar-refractivity contribution in [1.82, 2.24) is 9.97 Å². The minimum absolute atomic E-state index is 0.516. The molecule has 0 spiro atoms. The first kappa shape index (κ1) is 10.9. The fourth-order valence-corrected chi connectivity index (χ4v) is 1.93. The fraction of sp³-hybridized carbons (Fsp3) is 0.143. The largest absolute Gasteiger partial charge is 0.449 e. The van der Waals surface area contributed by atoms with Crippen LogP contribution in [0.2, 0.25) is 0 Å². The van der Waals surface area contributed by atoms with Gasteiger partial charge in [-0.1, -0.05) is 18.2 Å². The van der Waals surface area contributed by atoms with Gasteiger partial charge >= 0.3 is 0 Å². The van der Waals surface area contributed by atoms with Gasteiger partial charge in [0.15, 0.2) is 5.89 Å². The van der Waals surface area contributed by atoms with Crippen molar-refractivity contribution in [1.29, 1.82) is 0 Å². The molecule has 0 aliphatic heterocycles. The van der Waals surface area contributed by atoms with Crippen LogP contribution < -0.4 is 0 Å². The second kappa shape index (κ2) is 4.23. The van der Waals surface area contributed by atoms with Crippen molar-refractivity contribution in [2.75, 3.05) is 0 Å². The average Bonchev–Trinajstić information content (AvgIpc) is 2.84. The number of nitrogens with zero attached hydrogens (tertiary/aromatic N) is 2. The third kappa shape index (κ3) is 1.87. The maximum absolute atomic E-state index is 10.2. The van der Waals surface area contributed by atoms with E-state index in [1.165, 1.54) is 6.26 Å². The SMILES string of the molecule is Cc1nc(C(O)c2ccc3cccnc3c2)co1. The van der Waals surface area contributed by atoms with Gasteiger partial charge in [0.1, 0.15) is 18.1 Å². The molecule has 4 heteroatoms. The number of aliphatic hydroxyl groups is 1. The summed E-state index contributed by atoms with van der Waals surface area (Å²) in [6, 6.07) is 9.55. The lowest BCUT2D eigenvalue weighted by Gasteiger charge is -2.08. The highest BCUT2D eigenvalue weighted by Gasteiger charge is 2.14. The van der Waals surface area contributed by atoms with Crippen molar-refractivity contribution in [3.8, 4) is 0 Å². The molecule has 1 atom stereocenters. The Morgan fingerprint density at radius 3 is 2.94 bits per heavy atom. The summed E-state index contributed by atoms with van der Waals surface area (Å²) in [4.78, 5) is 8.40. The van der Waals surface area contributed by atoms with Crippen molar-refractivity contribution in [2.45, 2.75) is 13.0 Å². The number of benzene rings is 1. The second-order valence-electron chi connectivity index (χ2n) is 4.15. The van der Waals surface area contributed by atoms with Gasteiger partial charge in [0.25, 0.3) is 0 Å². The van der Waals surface area contributed by atoms with Gasteiger partial charge in [0.2, 0.25) is 0 Å². The highest BCUT2D eigenvalue weighted by atomic mass is 16.3. The van der Waals surface area contributed by atoms with E-state index in [4.69, 9.17) is 4.42 Å². The smallest absolute Gasteiger partial charge is 0.191 e. The summed E-state index contributed by atoms with van der Waals surface area (Å²) in [6.45, 7) is 1.75. The number of oxazole rings is 1. The molecule has 3 aromatic rings. The molecule has 1 unspecified atom stereocenters. The van der Waals surface area contributed by atoms with Gasteiger partial charge < -0.3 is 9.52 Å². The molecule has 1 N–H and O–H groups in total. The van der Waals surface area contributed by atoms with Crippen molar-refractivity contribution in [3.63, 3.8) is 0 Å². The lowest BCUT2D eigenvalue weighted by atomic mass is 10.0. The molecular formula is C14H12N2O2. The number of hydrogen-bond acceptors (Lipinski definition) is 4. The highest BCUT2D eigenvalue weighted by molar-refractivity contribution is 5.79. The van der Waals surface area contributed by atoms with E-state index in [1.807, 2.05) is 30.3 Å². The number of aliphatic hydroxyl groups excluding tert-OH is 1. The van der Waals surface area contributed by atoms with Gasteiger partial charge in [0, 0.05) is 18.5 Å². The number of pyridine rings is 1. The standard InChI is InChI=1S/C14H12N2O2/c1-9-16-13(8-18-9)14(17)11-5-4-10-3-2-6-15-12(10)7-11/h2-8,14,17H,1H3. The van der Waals surface area contributed by atoms with Crippen LogP contribution in [0.25, 0.3) is 10.9 Å². The lowest BCUT2D eigenvalue weighted by molar-refractivity contribution is 0.215. The lowest BCUT2D eigenvalue weighted by Crippen LogP contribution is -2.00. The van der Waals surface area contributed by atoms with Crippen molar-refractivity contribution in [2.24, 2.45) is 0 Å². The number of rotatable bonds is 2. The third-order valence-electron chi connectivity index (χ3n) is 2.86. The summed E-state index contributed by atoms with van der Waals surface area (Å²) < 4.78 is 5.11. The molecule has 0 amide bonds. The molecule has 2 heterocycles. The Bertz CT molecular complexity index is 691. The summed E-state index contributed by atoms with van der Waals surface area (Å²) in [5.41, 5.74) is 2.13. The molecule has 3 rings (SSSR count). The minimum Gasteiger partial charge on any atom is -0.449 e. The first-order valence-corrected chi connectivity index (χ1v) is 5.69. The van der Waals surface area contributed by atoms with Gasteiger partial charge in [-0.3, -0.25) is 4.98 Å². The van der Waals surface area contributed by atoms with Crippen LogP contribution in [0.3, 0.4) is 0 Å². The molecular weight excluding hydrogens is 228 g/mol. The average molecular weight is 240 g/mol. The molecule has 1 aromatic carbocycles. The summed E-state index contributed by atoms with van der Waals surface area (Å²) in [5, 5.41) is 11.3. The van der Waals surface area contributed by atoms with E-state index in [9.17, 15) is 5.11 Å². The summed E-state index contributed by atoms with van der Waals surface area (Å²) in [7, 11) is 0. The molecule has 2 aromatic heterocycles. The number of hydrogen-bond donors (Lipinski definition) is 1. The quantitative estimate of drug-likeness (QED) is 0.748. The van der Waals surface area contributed by atoms with E-state index < -0.39 is 6.10 Å². The number of aromatic nitrogens is 2. The van der Waals surface area contributed by atoms with Gasteiger partial charge in [-0.2, -0.15) is 0 Å². The zero-order valence-electron chi connectivity index (χ0n) is 9.87. The van der Waals surface area contributed by atoms with Gasteiger partial charge in [0.05, 0.1) is 5.52 Å². The maximum atomic E-state index is 10.2. The minimum atomic E-state index is -0.783. The number of aryl methyl sites for hydroxylation is 1. The normalized spacial score (nSPS) is 12.8. The first-order chi connectivity index (χ1) is 8.74. The fourth-order valence-electron chi connectivity index (χ4n) is 1.93. The Labute approximate surface area is 104 Å². The van der Waals surface area contributed by atoms with Crippen molar-refractivity contribution in [3.05, 3.63) is 59.9 Å². The van der Waals surface area contributed by atoms with Crippen LogP contribution in [0.15, 0.2) is 47.2 Å². The Hall–Kier alpha value is -2.20. The highest BCUT2D eigenvalue weighted by Crippen LogP contribution is 2.24. The van der Waals surface area contributed by atoms with Gasteiger partial charge in [-0.25, -0.2) is 4.98 Å². The molecule has 0 fully saturated rings. The molecule has 0 aliphatic rings. The van der Waals surface area contributed by atoms with E-state index >= 15 is 0 Å². The van der Waals surface area contributed by atoms with Crippen molar-refractivity contribution >= 4 is 10.9 Å². The number of fused-ring (bicyclic) bond motifs is 1. The van der Waals surface area contributed by atoms with E-state index in [-0.39, 0.29) is 0 Å². The van der Waals surface area contributed by atoms with Crippen LogP contribution in [0, 0.1) is 6.92 Å².